The summed E-state index contributed by atoms with van der Waals surface area (Å²) in [5.41, 5.74) is 4.93. The number of rotatable bonds is 2. The summed E-state index contributed by atoms with van der Waals surface area (Å²) in [7, 11) is -2.29. The molecule has 1 unspecified atom stereocenters. The predicted octanol–water partition coefficient (Wildman–Crippen LogP) is 2.08. The van der Waals surface area contributed by atoms with Gasteiger partial charge >= 0.3 is 6.18 Å². The fourth-order valence-corrected chi connectivity index (χ4v) is 1.80. The van der Waals surface area contributed by atoms with Crippen LogP contribution in [0.2, 0.25) is 0 Å². The molecule has 0 saturated heterocycles. The van der Waals surface area contributed by atoms with E-state index in [4.69, 9.17) is 5.73 Å². The number of hydrogen-bond donors (Lipinski definition) is 1. The third kappa shape index (κ3) is 3.50. The van der Waals surface area contributed by atoms with E-state index >= 15 is 0 Å². The maximum atomic E-state index is 12.8. The van der Waals surface area contributed by atoms with Gasteiger partial charge in [0, 0.05) is 4.90 Å². The Morgan fingerprint density at radius 3 is 2.40 bits per heavy atom. The third-order valence-corrected chi connectivity index (χ3v) is 2.90. The van der Waals surface area contributed by atoms with Gasteiger partial charge in [0.25, 0.3) is 0 Å². The zero-order chi connectivity index (χ0) is 11.6. The number of halogens is 4. The van der Waals surface area contributed by atoms with Crippen molar-refractivity contribution < 1.29 is 21.8 Å². The van der Waals surface area contributed by atoms with Crippen molar-refractivity contribution in [3.8, 4) is 0 Å². The maximum absolute atomic E-state index is 12.8. The van der Waals surface area contributed by atoms with Crippen molar-refractivity contribution in [1.82, 2.24) is 0 Å². The highest BCUT2D eigenvalue weighted by molar-refractivity contribution is 7.85. The average molecular weight is 241 g/mol. The number of nitrogen functional groups attached to an aromatic ring is 1. The van der Waals surface area contributed by atoms with E-state index in [1.165, 1.54) is 0 Å². The average Bonchev–Trinajstić information content (AvgIpc) is 2.06. The Kier molecular flexibility index (Phi) is 3.33. The molecule has 84 valence electrons. The van der Waals surface area contributed by atoms with Crippen molar-refractivity contribution in [2.45, 2.75) is 11.1 Å². The lowest BCUT2D eigenvalue weighted by molar-refractivity contribution is -0.105. The fraction of sp³-hybridized carbons (Fsp3) is 0.250. The summed E-state index contributed by atoms with van der Waals surface area (Å²) in [4.78, 5) is -0.223. The van der Waals surface area contributed by atoms with Gasteiger partial charge in [0.2, 0.25) is 0 Å². The van der Waals surface area contributed by atoms with Crippen LogP contribution in [0.25, 0.3) is 0 Å². The number of hydrogen-bond acceptors (Lipinski definition) is 2. The Morgan fingerprint density at radius 2 is 1.93 bits per heavy atom. The van der Waals surface area contributed by atoms with Crippen molar-refractivity contribution in [2.24, 2.45) is 0 Å². The SMILES string of the molecule is Nc1ccc(S(=O)CC(F)(F)F)cc1F. The van der Waals surface area contributed by atoms with E-state index in [2.05, 4.69) is 0 Å². The molecule has 0 fully saturated rings. The molecule has 1 atom stereocenters. The lowest BCUT2D eigenvalue weighted by Gasteiger charge is -2.06. The largest absolute Gasteiger partial charge is 0.400 e. The molecule has 0 aliphatic heterocycles. The first kappa shape index (κ1) is 12.0. The molecule has 0 radical (unpaired) electrons. The van der Waals surface area contributed by atoms with Crippen LogP contribution in [0.15, 0.2) is 23.1 Å². The van der Waals surface area contributed by atoms with Crippen molar-refractivity contribution in [3.05, 3.63) is 24.0 Å². The smallest absolute Gasteiger partial charge is 0.396 e. The van der Waals surface area contributed by atoms with Crippen LogP contribution in [-0.4, -0.2) is 16.1 Å². The molecule has 0 saturated carbocycles. The molecule has 15 heavy (non-hydrogen) atoms. The Balaban J connectivity index is 2.88. The number of alkyl halides is 3. The zero-order valence-electron chi connectivity index (χ0n) is 7.34. The summed E-state index contributed by atoms with van der Waals surface area (Å²) in [5.74, 6) is -2.36. The van der Waals surface area contributed by atoms with Gasteiger partial charge in [0.15, 0.2) is 0 Å². The quantitative estimate of drug-likeness (QED) is 0.636. The molecule has 1 rings (SSSR count). The zero-order valence-corrected chi connectivity index (χ0v) is 8.16. The van der Waals surface area contributed by atoms with Gasteiger partial charge in [-0.2, -0.15) is 13.2 Å². The van der Waals surface area contributed by atoms with Crippen LogP contribution in [0.3, 0.4) is 0 Å². The van der Waals surface area contributed by atoms with Crippen molar-refractivity contribution >= 4 is 16.5 Å². The van der Waals surface area contributed by atoms with Gasteiger partial charge in [-0.1, -0.05) is 0 Å². The van der Waals surface area contributed by atoms with Crippen molar-refractivity contribution in [3.63, 3.8) is 0 Å². The lowest BCUT2D eigenvalue weighted by Crippen LogP contribution is -2.18. The molecule has 1 aromatic carbocycles. The van der Waals surface area contributed by atoms with E-state index in [9.17, 15) is 21.8 Å². The van der Waals surface area contributed by atoms with Gasteiger partial charge in [-0.05, 0) is 18.2 Å². The second-order valence-electron chi connectivity index (χ2n) is 2.79. The molecular weight excluding hydrogens is 234 g/mol. The molecule has 0 aliphatic carbocycles. The van der Waals surface area contributed by atoms with Crippen LogP contribution in [0.1, 0.15) is 0 Å². The van der Waals surface area contributed by atoms with Gasteiger partial charge in [-0.15, -0.1) is 0 Å². The molecule has 0 aromatic heterocycles. The topological polar surface area (TPSA) is 43.1 Å². The van der Waals surface area contributed by atoms with E-state index in [1.807, 2.05) is 0 Å². The summed E-state index contributed by atoms with van der Waals surface area (Å²) in [6, 6.07) is 2.94. The third-order valence-electron chi connectivity index (χ3n) is 1.53. The van der Waals surface area contributed by atoms with Gasteiger partial charge in [-0.3, -0.25) is 4.21 Å². The monoisotopic (exact) mass is 241 g/mol. The minimum Gasteiger partial charge on any atom is -0.396 e. The Morgan fingerprint density at radius 1 is 1.33 bits per heavy atom. The number of benzene rings is 1. The Hall–Kier alpha value is -1.11. The predicted molar refractivity (Wildman–Crippen MR) is 48.1 cm³/mol. The van der Waals surface area contributed by atoms with E-state index in [0.717, 1.165) is 18.2 Å². The molecule has 0 spiro atoms. The summed E-state index contributed by atoms with van der Waals surface area (Å²) in [6.07, 6.45) is -4.54. The van der Waals surface area contributed by atoms with E-state index in [-0.39, 0.29) is 10.6 Å². The highest BCUT2D eigenvalue weighted by Crippen LogP contribution is 2.21. The summed E-state index contributed by atoms with van der Waals surface area (Å²) in [6.45, 7) is 0. The molecule has 1 aromatic rings. The van der Waals surface area contributed by atoms with E-state index < -0.39 is 28.5 Å². The van der Waals surface area contributed by atoms with E-state index in [0.29, 0.717) is 0 Å². The molecule has 0 amide bonds. The molecule has 0 aliphatic rings. The molecular formula is C8H7F4NOS. The van der Waals surface area contributed by atoms with Crippen molar-refractivity contribution in [2.75, 3.05) is 11.5 Å². The van der Waals surface area contributed by atoms with Crippen LogP contribution in [0.4, 0.5) is 23.2 Å². The highest BCUT2D eigenvalue weighted by Gasteiger charge is 2.31. The minimum absolute atomic E-state index is 0.192. The fourth-order valence-electron chi connectivity index (χ4n) is 0.881. The minimum atomic E-state index is -4.54. The normalized spacial score (nSPS) is 13.9. The van der Waals surface area contributed by atoms with Crippen LogP contribution in [-0.2, 0) is 10.8 Å². The molecule has 7 heteroatoms. The highest BCUT2D eigenvalue weighted by atomic mass is 32.2. The van der Waals surface area contributed by atoms with E-state index in [1.54, 1.807) is 0 Å². The summed E-state index contributed by atoms with van der Waals surface area (Å²) in [5, 5.41) is 0. The number of anilines is 1. The second-order valence-corrected chi connectivity index (χ2v) is 4.24. The summed E-state index contributed by atoms with van der Waals surface area (Å²) >= 11 is 0. The molecule has 0 bridgehead atoms. The standard InChI is InChI=1S/C8H7F4NOS/c9-6-3-5(1-2-7(6)13)15(14)4-8(10,11)12/h1-3H,4,13H2. The van der Waals surface area contributed by atoms with Crippen LogP contribution in [0, 0.1) is 5.82 Å². The molecule has 0 heterocycles. The van der Waals surface area contributed by atoms with Gasteiger partial charge < -0.3 is 5.73 Å². The van der Waals surface area contributed by atoms with Crippen LogP contribution in [0.5, 0.6) is 0 Å². The first-order chi connectivity index (χ1) is 6.79. The Bertz CT molecular complexity index is 391. The first-order valence-corrected chi connectivity index (χ1v) is 5.11. The van der Waals surface area contributed by atoms with Crippen molar-refractivity contribution in [1.29, 1.82) is 0 Å². The Labute approximate surface area is 85.5 Å². The first-order valence-electron chi connectivity index (χ1n) is 3.80. The van der Waals surface area contributed by atoms with Crippen LogP contribution < -0.4 is 5.73 Å². The van der Waals surface area contributed by atoms with Gasteiger partial charge in [0.05, 0.1) is 16.5 Å². The maximum Gasteiger partial charge on any atom is 0.400 e. The molecule has 2 nitrogen and oxygen atoms in total. The van der Waals surface area contributed by atoms with Gasteiger partial charge in [-0.25, -0.2) is 4.39 Å². The summed E-state index contributed by atoms with van der Waals surface area (Å²) < 4.78 is 59.5. The number of nitrogens with two attached hydrogens (primary N) is 1. The van der Waals surface area contributed by atoms with Crippen LogP contribution >= 0.6 is 0 Å². The van der Waals surface area contributed by atoms with Gasteiger partial charge in [0.1, 0.15) is 11.6 Å². The lowest BCUT2D eigenvalue weighted by atomic mass is 10.3. The molecule has 2 N–H and O–H groups in total. The second kappa shape index (κ2) is 4.18.